The van der Waals surface area contributed by atoms with Crippen molar-refractivity contribution in [1.82, 2.24) is 9.97 Å². The number of hydrogen-bond donors (Lipinski definition) is 0. The van der Waals surface area contributed by atoms with Crippen LogP contribution >= 0.6 is 0 Å². The van der Waals surface area contributed by atoms with Crippen LogP contribution < -0.4 is 0 Å². The van der Waals surface area contributed by atoms with E-state index in [-0.39, 0.29) is 0 Å². The highest BCUT2D eigenvalue weighted by Crippen LogP contribution is 2.44. The van der Waals surface area contributed by atoms with Crippen molar-refractivity contribution in [2.24, 2.45) is 0 Å². The molecule has 0 unspecified atom stereocenters. The summed E-state index contributed by atoms with van der Waals surface area (Å²) in [6.45, 7) is 0. The predicted molar refractivity (Wildman–Crippen MR) is 133 cm³/mol. The first kappa shape index (κ1) is 18.5. The Labute approximate surface area is 186 Å². The summed E-state index contributed by atoms with van der Waals surface area (Å²) in [5.41, 5.74) is 10.6. The van der Waals surface area contributed by atoms with Crippen LogP contribution in [-0.2, 0) is 0 Å². The van der Waals surface area contributed by atoms with Gasteiger partial charge in [0.25, 0.3) is 0 Å². The van der Waals surface area contributed by atoms with E-state index in [1.165, 1.54) is 16.7 Å². The summed E-state index contributed by atoms with van der Waals surface area (Å²) in [6.07, 6.45) is 0. The van der Waals surface area contributed by atoms with Crippen LogP contribution in [0.1, 0.15) is 0 Å². The van der Waals surface area contributed by atoms with E-state index in [2.05, 4.69) is 97.1 Å². The van der Waals surface area contributed by atoms with Crippen LogP contribution in [0.5, 0.6) is 0 Å². The van der Waals surface area contributed by atoms with Gasteiger partial charge in [0.15, 0.2) is 0 Å². The van der Waals surface area contributed by atoms with E-state index < -0.39 is 0 Å². The van der Waals surface area contributed by atoms with E-state index in [0.717, 1.165) is 38.8 Å². The van der Waals surface area contributed by atoms with Crippen LogP contribution in [0.4, 0.5) is 0 Å². The maximum absolute atomic E-state index is 5.11. The van der Waals surface area contributed by atoms with Crippen LogP contribution in [0.2, 0.25) is 0 Å². The minimum Gasteiger partial charge on any atom is -0.244 e. The van der Waals surface area contributed by atoms with Crippen molar-refractivity contribution in [3.8, 4) is 33.4 Å². The van der Waals surface area contributed by atoms with Crippen molar-refractivity contribution < 1.29 is 0 Å². The van der Waals surface area contributed by atoms with Gasteiger partial charge in [0.2, 0.25) is 0 Å². The number of hydrogen-bond acceptors (Lipinski definition) is 2. The molecule has 0 saturated heterocycles. The van der Waals surface area contributed by atoms with Gasteiger partial charge in [0, 0.05) is 5.56 Å². The lowest BCUT2D eigenvalue weighted by atomic mass is 9.86. The molecule has 0 radical (unpaired) electrons. The molecule has 0 spiro atoms. The first-order chi connectivity index (χ1) is 15.9. The van der Waals surface area contributed by atoms with Crippen molar-refractivity contribution in [2.75, 3.05) is 0 Å². The second-order valence-corrected chi connectivity index (χ2v) is 7.85. The average molecular weight is 409 g/mol. The van der Waals surface area contributed by atoms with E-state index in [1.807, 2.05) is 24.3 Å². The Balaban J connectivity index is 1.83. The molecule has 0 amide bonds. The van der Waals surface area contributed by atoms with E-state index in [1.54, 1.807) is 0 Å². The Morgan fingerprint density at radius 3 is 1.44 bits per heavy atom. The molecule has 150 valence electrons. The predicted octanol–water partition coefficient (Wildman–Crippen LogP) is 7.78. The Hall–Kier alpha value is -4.30. The Kier molecular flexibility index (Phi) is 4.47. The molecule has 0 N–H and O–H groups in total. The minimum absolute atomic E-state index is 0.904. The summed E-state index contributed by atoms with van der Waals surface area (Å²) < 4.78 is 0. The molecule has 2 nitrogen and oxygen atoms in total. The van der Waals surface area contributed by atoms with Crippen LogP contribution in [-0.4, -0.2) is 9.97 Å². The SMILES string of the molecule is c1ccc(-c2cc3nc4ccccc4nc3c(-c3ccccc3)c2-c2ccccc2)cc1. The third kappa shape index (κ3) is 3.14. The van der Waals surface area contributed by atoms with Gasteiger partial charge in [0.1, 0.15) is 0 Å². The standard InChI is InChI=1S/C30H20N2/c1-4-12-21(13-5-1)24-20-27-30(32-26-19-11-10-18-25(26)31-27)29(23-16-8-3-9-17-23)28(24)22-14-6-2-7-15-22/h1-20H. The lowest BCUT2D eigenvalue weighted by Crippen LogP contribution is -1.97. The molecule has 0 aliphatic rings. The van der Waals surface area contributed by atoms with E-state index in [0.29, 0.717) is 0 Å². The van der Waals surface area contributed by atoms with Crippen LogP contribution in [0.15, 0.2) is 121 Å². The molecule has 1 heterocycles. The Morgan fingerprint density at radius 2 is 0.844 bits per heavy atom. The first-order valence-corrected chi connectivity index (χ1v) is 10.8. The molecule has 0 atom stereocenters. The highest BCUT2D eigenvalue weighted by atomic mass is 14.8. The van der Waals surface area contributed by atoms with Crippen molar-refractivity contribution in [3.05, 3.63) is 121 Å². The number of aromatic nitrogens is 2. The Morgan fingerprint density at radius 1 is 0.375 bits per heavy atom. The summed E-state index contributed by atoms with van der Waals surface area (Å²) >= 11 is 0. The highest BCUT2D eigenvalue weighted by Gasteiger charge is 2.20. The molecular formula is C30H20N2. The lowest BCUT2D eigenvalue weighted by Gasteiger charge is -2.19. The monoisotopic (exact) mass is 408 g/mol. The van der Waals surface area contributed by atoms with Gasteiger partial charge in [-0.05, 0) is 46.0 Å². The fourth-order valence-electron chi connectivity index (χ4n) is 4.40. The van der Waals surface area contributed by atoms with Crippen LogP contribution in [0.3, 0.4) is 0 Å². The minimum atomic E-state index is 0.904. The third-order valence-corrected chi connectivity index (χ3v) is 5.84. The normalized spacial score (nSPS) is 11.1. The van der Waals surface area contributed by atoms with Crippen LogP contribution in [0.25, 0.3) is 55.4 Å². The Bertz CT molecular complexity index is 1540. The van der Waals surface area contributed by atoms with Crippen molar-refractivity contribution in [2.45, 2.75) is 0 Å². The highest BCUT2D eigenvalue weighted by molar-refractivity contribution is 6.08. The third-order valence-electron chi connectivity index (χ3n) is 5.84. The summed E-state index contributed by atoms with van der Waals surface area (Å²) in [5.74, 6) is 0. The van der Waals surface area contributed by atoms with Crippen molar-refractivity contribution >= 4 is 22.1 Å². The van der Waals surface area contributed by atoms with Gasteiger partial charge < -0.3 is 0 Å². The van der Waals surface area contributed by atoms with Gasteiger partial charge in [0.05, 0.1) is 22.1 Å². The first-order valence-electron chi connectivity index (χ1n) is 10.8. The van der Waals surface area contributed by atoms with Crippen molar-refractivity contribution in [1.29, 1.82) is 0 Å². The lowest BCUT2D eigenvalue weighted by molar-refractivity contribution is 1.39. The number of benzene rings is 5. The van der Waals surface area contributed by atoms with Gasteiger partial charge in [-0.2, -0.15) is 0 Å². The summed E-state index contributed by atoms with van der Waals surface area (Å²) in [7, 11) is 0. The zero-order valence-electron chi connectivity index (χ0n) is 17.4. The largest absolute Gasteiger partial charge is 0.244 e. The molecule has 0 aliphatic carbocycles. The summed E-state index contributed by atoms with van der Waals surface area (Å²) in [4.78, 5) is 10.1. The smallest absolute Gasteiger partial charge is 0.0979 e. The molecule has 0 bridgehead atoms. The van der Waals surface area contributed by atoms with Gasteiger partial charge in [-0.1, -0.05) is 103 Å². The molecule has 6 aromatic rings. The average Bonchev–Trinajstić information content (AvgIpc) is 2.88. The molecule has 1 aromatic heterocycles. The van der Waals surface area contributed by atoms with Gasteiger partial charge >= 0.3 is 0 Å². The second-order valence-electron chi connectivity index (χ2n) is 7.85. The van der Waals surface area contributed by atoms with Gasteiger partial charge in [-0.3, -0.25) is 0 Å². The van der Waals surface area contributed by atoms with Crippen LogP contribution in [0, 0.1) is 0 Å². The number of nitrogens with zero attached hydrogens (tertiary/aromatic N) is 2. The molecular weight excluding hydrogens is 388 g/mol. The molecule has 0 aliphatic heterocycles. The fraction of sp³-hybridized carbons (Fsp3) is 0. The zero-order chi connectivity index (χ0) is 21.3. The van der Waals surface area contributed by atoms with E-state index in [4.69, 9.17) is 9.97 Å². The molecule has 32 heavy (non-hydrogen) atoms. The molecule has 0 fully saturated rings. The quantitative estimate of drug-likeness (QED) is 0.279. The van der Waals surface area contributed by atoms with Crippen molar-refractivity contribution in [3.63, 3.8) is 0 Å². The van der Waals surface area contributed by atoms with Gasteiger partial charge in [-0.25, -0.2) is 9.97 Å². The maximum atomic E-state index is 5.11. The maximum Gasteiger partial charge on any atom is 0.0979 e. The topological polar surface area (TPSA) is 25.8 Å². The molecule has 5 aromatic carbocycles. The second kappa shape index (κ2) is 7.75. The summed E-state index contributed by atoms with van der Waals surface area (Å²) in [5, 5.41) is 0. The van der Waals surface area contributed by atoms with E-state index in [9.17, 15) is 0 Å². The fourth-order valence-corrected chi connectivity index (χ4v) is 4.40. The summed E-state index contributed by atoms with van der Waals surface area (Å²) in [6, 6.07) is 42.0. The number of rotatable bonds is 3. The molecule has 6 rings (SSSR count). The number of para-hydroxylation sites is 2. The van der Waals surface area contributed by atoms with Gasteiger partial charge in [-0.15, -0.1) is 0 Å². The zero-order valence-corrected chi connectivity index (χ0v) is 17.4. The number of fused-ring (bicyclic) bond motifs is 2. The van der Waals surface area contributed by atoms with E-state index >= 15 is 0 Å². The molecule has 2 heteroatoms. The molecule has 0 saturated carbocycles.